The Morgan fingerprint density at radius 3 is 2.43 bits per heavy atom. The molecule has 5 atom stereocenters. The summed E-state index contributed by atoms with van der Waals surface area (Å²) in [7, 11) is 4.81. The van der Waals surface area contributed by atoms with Crippen LogP contribution in [0.4, 0.5) is 0 Å². The van der Waals surface area contributed by atoms with Gasteiger partial charge < -0.3 is 0 Å². The molecule has 1 aliphatic rings. The fraction of sp³-hybridized carbons (Fsp3) is 0.600. The molecule has 1 aromatic rings. The van der Waals surface area contributed by atoms with Crippen molar-refractivity contribution in [2.75, 3.05) is 27.9 Å². The van der Waals surface area contributed by atoms with Crippen molar-refractivity contribution >= 4 is 19.4 Å². The van der Waals surface area contributed by atoms with Crippen molar-refractivity contribution in [2.24, 2.45) is 5.11 Å². The predicted molar refractivity (Wildman–Crippen MR) is 86.9 cm³/mol. The summed E-state index contributed by atoms with van der Waals surface area (Å²) in [5, 5.41) is 3.69. The molecule has 7 nitrogen and oxygen atoms in total. The van der Waals surface area contributed by atoms with Gasteiger partial charge in [-0.25, -0.2) is 0 Å². The van der Waals surface area contributed by atoms with E-state index in [1.54, 1.807) is 21.3 Å². The monoisotopic (exact) mass is 387 g/mol. The summed E-state index contributed by atoms with van der Waals surface area (Å²) in [4.78, 5) is 2.98. The fourth-order valence-corrected chi connectivity index (χ4v) is 5.03. The zero-order valence-corrected chi connectivity index (χ0v) is 15.1. The molecule has 1 saturated heterocycles. The SMILES string of the molecule is COC[C@H]1O[C@H]([Se]c2ccccc2)[C@H](N=[N+]=[N-])[C@@H](OC)[C@@H]1OC. The van der Waals surface area contributed by atoms with E-state index in [2.05, 4.69) is 10.0 Å². The van der Waals surface area contributed by atoms with E-state index in [-0.39, 0.29) is 38.3 Å². The molecule has 0 spiro atoms. The molecule has 0 aromatic heterocycles. The third kappa shape index (κ3) is 4.46. The van der Waals surface area contributed by atoms with Crippen LogP contribution in [0.15, 0.2) is 35.4 Å². The van der Waals surface area contributed by atoms with E-state index in [0.29, 0.717) is 6.61 Å². The molecule has 1 aliphatic heterocycles. The Labute approximate surface area is 142 Å². The number of hydrogen-bond donors (Lipinski definition) is 0. The molecule has 8 heteroatoms. The second-order valence-electron chi connectivity index (χ2n) is 5.03. The van der Waals surface area contributed by atoms with Crippen LogP contribution >= 0.6 is 0 Å². The van der Waals surface area contributed by atoms with Gasteiger partial charge in [-0.1, -0.05) is 0 Å². The normalized spacial score (nSPS) is 30.7. The Morgan fingerprint density at radius 2 is 1.87 bits per heavy atom. The van der Waals surface area contributed by atoms with Gasteiger partial charge in [-0.05, 0) is 0 Å². The van der Waals surface area contributed by atoms with Crippen LogP contribution in [0.2, 0.25) is 0 Å². The Balaban J connectivity index is 2.27. The molecule has 0 amide bonds. The van der Waals surface area contributed by atoms with Gasteiger partial charge in [0, 0.05) is 0 Å². The molecule has 0 bridgehead atoms. The molecule has 0 aliphatic carbocycles. The number of ether oxygens (including phenoxy) is 4. The number of rotatable bonds is 7. The van der Waals surface area contributed by atoms with Gasteiger partial charge in [0.25, 0.3) is 0 Å². The molecule has 2 rings (SSSR count). The van der Waals surface area contributed by atoms with Crippen molar-refractivity contribution in [1.29, 1.82) is 0 Å². The van der Waals surface area contributed by atoms with E-state index >= 15 is 0 Å². The van der Waals surface area contributed by atoms with E-state index < -0.39 is 6.04 Å². The van der Waals surface area contributed by atoms with E-state index in [1.165, 1.54) is 4.46 Å². The number of hydrogen-bond acceptors (Lipinski definition) is 5. The van der Waals surface area contributed by atoms with Crippen molar-refractivity contribution in [3.8, 4) is 0 Å². The zero-order chi connectivity index (χ0) is 16.7. The molecular weight excluding hydrogens is 365 g/mol. The van der Waals surface area contributed by atoms with Gasteiger partial charge in [0.2, 0.25) is 0 Å². The first-order chi connectivity index (χ1) is 11.2. The Bertz CT molecular complexity index is 527. The first-order valence-corrected chi connectivity index (χ1v) is 9.05. The average molecular weight is 386 g/mol. The van der Waals surface area contributed by atoms with E-state index in [4.69, 9.17) is 24.5 Å². The molecule has 0 N–H and O–H groups in total. The van der Waals surface area contributed by atoms with Gasteiger partial charge in [0.1, 0.15) is 0 Å². The minimum absolute atomic E-state index is 0.0262. The second kappa shape index (κ2) is 9.25. The average Bonchev–Trinajstić information content (AvgIpc) is 2.57. The summed E-state index contributed by atoms with van der Waals surface area (Å²) in [6, 6.07) is 9.60. The van der Waals surface area contributed by atoms with Crippen molar-refractivity contribution < 1.29 is 18.9 Å². The summed E-state index contributed by atoms with van der Waals surface area (Å²) in [5.74, 6) is 0. The van der Waals surface area contributed by atoms with Crippen LogP contribution in [0, 0.1) is 0 Å². The molecule has 126 valence electrons. The fourth-order valence-electron chi connectivity index (χ4n) is 2.66. The van der Waals surface area contributed by atoms with Crippen LogP contribution in [-0.2, 0) is 18.9 Å². The van der Waals surface area contributed by atoms with Gasteiger partial charge in [-0.15, -0.1) is 0 Å². The van der Waals surface area contributed by atoms with Crippen LogP contribution < -0.4 is 4.46 Å². The van der Waals surface area contributed by atoms with E-state index in [9.17, 15) is 0 Å². The van der Waals surface area contributed by atoms with Gasteiger partial charge in [-0.3, -0.25) is 0 Å². The maximum absolute atomic E-state index is 8.93. The van der Waals surface area contributed by atoms with E-state index in [1.807, 2.05) is 30.3 Å². The molecule has 0 saturated carbocycles. The van der Waals surface area contributed by atoms with Crippen molar-refractivity contribution in [3.63, 3.8) is 0 Å². The zero-order valence-electron chi connectivity index (χ0n) is 13.4. The number of nitrogens with zero attached hydrogens (tertiary/aromatic N) is 3. The topological polar surface area (TPSA) is 85.7 Å². The molecule has 0 unspecified atom stereocenters. The molecule has 1 heterocycles. The number of benzene rings is 1. The predicted octanol–water partition coefficient (Wildman–Crippen LogP) is 1.10. The van der Waals surface area contributed by atoms with Gasteiger partial charge in [0.15, 0.2) is 0 Å². The first kappa shape index (κ1) is 18.2. The van der Waals surface area contributed by atoms with Gasteiger partial charge in [-0.2, -0.15) is 0 Å². The van der Waals surface area contributed by atoms with Crippen molar-refractivity contribution in [2.45, 2.75) is 29.4 Å². The summed E-state index contributed by atoms with van der Waals surface area (Å²) in [6.07, 6.45) is -0.991. The third-order valence-corrected chi connectivity index (χ3v) is 6.12. The van der Waals surface area contributed by atoms with Crippen molar-refractivity contribution in [3.05, 3.63) is 40.8 Å². The van der Waals surface area contributed by atoms with Crippen LogP contribution in [-0.4, -0.2) is 72.2 Å². The molecule has 1 aromatic carbocycles. The van der Waals surface area contributed by atoms with Crippen LogP contribution in [0.3, 0.4) is 0 Å². The number of azide groups is 1. The summed E-state index contributed by atoms with van der Waals surface area (Å²) < 4.78 is 23.7. The van der Waals surface area contributed by atoms with Gasteiger partial charge in [0.05, 0.1) is 0 Å². The Kier molecular flexibility index (Phi) is 7.33. The van der Waals surface area contributed by atoms with Crippen molar-refractivity contribution in [1.82, 2.24) is 0 Å². The van der Waals surface area contributed by atoms with Crippen LogP contribution in [0.25, 0.3) is 10.4 Å². The molecular formula is C15H21N3O4Se. The first-order valence-electron chi connectivity index (χ1n) is 7.21. The van der Waals surface area contributed by atoms with E-state index in [0.717, 1.165) is 0 Å². The van der Waals surface area contributed by atoms with Gasteiger partial charge >= 0.3 is 142 Å². The van der Waals surface area contributed by atoms with Crippen LogP contribution in [0.1, 0.15) is 0 Å². The molecule has 1 fully saturated rings. The van der Waals surface area contributed by atoms with Crippen LogP contribution in [0.5, 0.6) is 0 Å². The Hall–Kier alpha value is -1.11. The number of methoxy groups -OCH3 is 3. The summed E-state index contributed by atoms with van der Waals surface area (Å²) in [6.45, 7) is 0.392. The molecule has 23 heavy (non-hydrogen) atoms. The molecule has 0 radical (unpaired) electrons. The third-order valence-electron chi connectivity index (χ3n) is 3.67. The summed E-state index contributed by atoms with van der Waals surface area (Å²) >= 11 is -0.0262. The quantitative estimate of drug-likeness (QED) is 0.304. The second-order valence-corrected chi connectivity index (χ2v) is 7.48. The standard InChI is InChI=1S/C15H21N3O4Se/c1-19-9-11-13(20-2)14(21-3)12(17-18-16)15(22-11)23-10-7-5-4-6-8-10/h4-8,11-15H,9H2,1-3H3/t11-,12-,13-,14-,15-/m1/s1. The Morgan fingerprint density at radius 1 is 1.17 bits per heavy atom. The maximum atomic E-state index is 8.93. The summed E-state index contributed by atoms with van der Waals surface area (Å²) in [5.41, 5.74) is 8.93. The minimum atomic E-state index is -0.441.